The molecule has 1 atom stereocenters. The average Bonchev–Trinajstić information content (AvgIpc) is 2.44. The summed E-state index contributed by atoms with van der Waals surface area (Å²) in [5.41, 5.74) is 0.430. The van der Waals surface area contributed by atoms with E-state index in [1.165, 1.54) is 0 Å². The second kappa shape index (κ2) is 7.81. The van der Waals surface area contributed by atoms with Crippen molar-refractivity contribution in [3.05, 3.63) is 28.2 Å². The van der Waals surface area contributed by atoms with Crippen molar-refractivity contribution in [3.8, 4) is 0 Å². The molecule has 0 aliphatic carbocycles. The summed E-state index contributed by atoms with van der Waals surface area (Å²) in [6.45, 7) is 2.48. The Morgan fingerprint density at radius 2 is 2.05 bits per heavy atom. The number of anilines is 1. The van der Waals surface area contributed by atoms with Crippen LogP contribution in [0.15, 0.2) is 18.2 Å². The van der Waals surface area contributed by atoms with Gasteiger partial charge < -0.3 is 20.1 Å². The fourth-order valence-electron chi connectivity index (χ4n) is 1.80. The van der Waals surface area contributed by atoms with E-state index in [-0.39, 0.29) is 18.6 Å². The van der Waals surface area contributed by atoms with Crippen LogP contribution in [0.5, 0.6) is 0 Å². The topological polar surface area (TPSA) is 59.6 Å². The van der Waals surface area contributed by atoms with E-state index in [1.54, 1.807) is 18.2 Å². The highest BCUT2D eigenvalue weighted by molar-refractivity contribution is 6.39. The molecule has 7 heteroatoms. The van der Waals surface area contributed by atoms with E-state index in [4.69, 9.17) is 32.7 Å². The monoisotopic (exact) mass is 318 g/mol. The molecule has 0 aromatic heterocycles. The Morgan fingerprint density at radius 3 is 2.70 bits per heavy atom. The molecule has 20 heavy (non-hydrogen) atoms. The van der Waals surface area contributed by atoms with E-state index >= 15 is 0 Å². The molecule has 1 aromatic carbocycles. The lowest BCUT2D eigenvalue weighted by molar-refractivity contribution is -0.116. The molecule has 1 aromatic rings. The number of nitrogens with one attached hydrogen (secondary N) is 2. The van der Waals surface area contributed by atoms with Gasteiger partial charge in [-0.3, -0.25) is 4.79 Å². The Balaban J connectivity index is 1.75. The molecule has 1 amide bonds. The molecule has 110 valence electrons. The zero-order chi connectivity index (χ0) is 14.4. The molecule has 1 fully saturated rings. The molecular weight excluding hydrogens is 303 g/mol. The lowest BCUT2D eigenvalue weighted by Crippen LogP contribution is -2.40. The number of amides is 1. The van der Waals surface area contributed by atoms with E-state index in [1.807, 2.05) is 0 Å². The summed E-state index contributed by atoms with van der Waals surface area (Å²) < 4.78 is 10.7. The maximum absolute atomic E-state index is 11.8. The molecule has 2 N–H and O–H groups in total. The van der Waals surface area contributed by atoms with Gasteiger partial charge in [0.05, 0.1) is 48.2 Å². The molecule has 0 spiro atoms. The number of halogens is 2. The third kappa shape index (κ3) is 4.61. The number of carbonyl (C=O) groups excluding carboxylic acids is 1. The minimum Gasteiger partial charge on any atom is -0.376 e. The summed E-state index contributed by atoms with van der Waals surface area (Å²) >= 11 is 11.9. The van der Waals surface area contributed by atoms with Gasteiger partial charge in [-0.25, -0.2) is 0 Å². The van der Waals surface area contributed by atoms with Gasteiger partial charge in [-0.2, -0.15) is 0 Å². The van der Waals surface area contributed by atoms with Gasteiger partial charge in [0.25, 0.3) is 0 Å². The zero-order valence-electron chi connectivity index (χ0n) is 10.8. The lowest BCUT2D eigenvalue weighted by Gasteiger charge is -2.23. The van der Waals surface area contributed by atoms with E-state index < -0.39 is 0 Å². The molecular formula is C13H16Cl2N2O3. The molecule has 1 heterocycles. The predicted molar refractivity (Wildman–Crippen MR) is 78.5 cm³/mol. The van der Waals surface area contributed by atoms with Crippen molar-refractivity contribution in [2.75, 3.05) is 38.2 Å². The van der Waals surface area contributed by atoms with Crippen LogP contribution in [0, 0.1) is 0 Å². The van der Waals surface area contributed by atoms with Gasteiger partial charge in [-0.1, -0.05) is 29.3 Å². The molecule has 0 radical (unpaired) electrons. The fourth-order valence-corrected chi connectivity index (χ4v) is 2.29. The van der Waals surface area contributed by atoms with Crippen LogP contribution in [0.1, 0.15) is 0 Å². The maximum Gasteiger partial charge on any atom is 0.238 e. The predicted octanol–water partition coefficient (Wildman–Crippen LogP) is 1.94. The first-order chi connectivity index (χ1) is 9.66. The Hall–Kier alpha value is -0.850. The van der Waals surface area contributed by atoms with Crippen LogP contribution in [0.3, 0.4) is 0 Å². The maximum atomic E-state index is 11.8. The average molecular weight is 319 g/mol. The minimum absolute atomic E-state index is 0.0135. The SMILES string of the molecule is O=C(CNCC1COCCO1)Nc1c(Cl)cccc1Cl. The fraction of sp³-hybridized carbons (Fsp3) is 0.462. The van der Waals surface area contributed by atoms with Gasteiger partial charge in [0.15, 0.2) is 0 Å². The molecule has 1 aliphatic rings. The van der Waals surface area contributed by atoms with Crippen molar-refractivity contribution >= 4 is 34.8 Å². The minimum atomic E-state index is -0.211. The van der Waals surface area contributed by atoms with E-state index in [0.717, 1.165) is 0 Å². The smallest absolute Gasteiger partial charge is 0.238 e. The van der Waals surface area contributed by atoms with Crippen LogP contribution < -0.4 is 10.6 Å². The first-order valence-electron chi connectivity index (χ1n) is 6.30. The van der Waals surface area contributed by atoms with Crippen LogP contribution in [0.2, 0.25) is 10.0 Å². The van der Waals surface area contributed by atoms with Gasteiger partial charge in [-0.15, -0.1) is 0 Å². The summed E-state index contributed by atoms with van der Waals surface area (Å²) in [4.78, 5) is 11.8. The Bertz CT molecular complexity index is 445. The summed E-state index contributed by atoms with van der Waals surface area (Å²) in [5.74, 6) is -0.211. The van der Waals surface area contributed by atoms with Crippen LogP contribution in [-0.2, 0) is 14.3 Å². The highest BCUT2D eigenvalue weighted by Crippen LogP contribution is 2.29. The van der Waals surface area contributed by atoms with E-state index in [0.29, 0.717) is 42.1 Å². The number of ether oxygens (including phenoxy) is 2. The Morgan fingerprint density at radius 1 is 1.30 bits per heavy atom. The summed E-state index contributed by atoms with van der Waals surface area (Å²) in [6, 6.07) is 5.06. The third-order valence-corrected chi connectivity index (χ3v) is 3.40. The largest absolute Gasteiger partial charge is 0.376 e. The number of hydrogen-bond donors (Lipinski definition) is 2. The van der Waals surface area contributed by atoms with E-state index in [2.05, 4.69) is 10.6 Å². The summed E-state index contributed by atoms with van der Waals surface area (Å²) in [6.07, 6.45) is -0.0135. The van der Waals surface area contributed by atoms with Crippen molar-refractivity contribution in [2.24, 2.45) is 0 Å². The van der Waals surface area contributed by atoms with Gasteiger partial charge in [0, 0.05) is 6.54 Å². The third-order valence-electron chi connectivity index (χ3n) is 2.77. The molecule has 1 saturated heterocycles. The Kier molecular flexibility index (Phi) is 6.06. The number of rotatable bonds is 5. The normalized spacial score (nSPS) is 18.8. The van der Waals surface area contributed by atoms with E-state index in [9.17, 15) is 4.79 Å². The van der Waals surface area contributed by atoms with Crippen molar-refractivity contribution in [1.29, 1.82) is 0 Å². The molecule has 1 unspecified atom stereocenters. The second-order valence-corrected chi connectivity index (χ2v) is 5.16. The van der Waals surface area contributed by atoms with Gasteiger partial charge in [0.2, 0.25) is 5.91 Å². The quantitative estimate of drug-likeness (QED) is 0.871. The zero-order valence-corrected chi connectivity index (χ0v) is 12.3. The second-order valence-electron chi connectivity index (χ2n) is 4.34. The van der Waals surface area contributed by atoms with Crippen molar-refractivity contribution in [2.45, 2.75) is 6.10 Å². The number of para-hydroxylation sites is 1. The molecule has 5 nitrogen and oxygen atoms in total. The molecule has 0 bridgehead atoms. The van der Waals surface area contributed by atoms with Crippen molar-refractivity contribution in [1.82, 2.24) is 5.32 Å². The van der Waals surface area contributed by atoms with Crippen LogP contribution in [-0.4, -0.2) is 44.9 Å². The van der Waals surface area contributed by atoms with Crippen LogP contribution in [0.25, 0.3) is 0 Å². The standard InChI is InChI=1S/C13H16Cl2N2O3/c14-10-2-1-3-11(15)13(10)17-12(18)7-16-6-9-8-19-4-5-20-9/h1-3,9,16H,4-8H2,(H,17,18). The van der Waals surface area contributed by atoms with Crippen molar-refractivity contribution in [3.63, 3.8) is 0 Å². The van der Waals surface area contributed by atoms with Gasteiger partial charge in [-0.05, 0) is 12.1 Å². The summed E-state index contributed by atoms with van der Waals surface area (Å²) in [5, 5.41) is 6.51. The number of benzene rings is 1. The first-order valence-corrected chi connectivity index (χ1v) is 7.06. The molecule has 1 aliphatic heterocycles. The van der Waals surface area contributed by atoms with Crippen LogP contribution in [0.4, 0.5) is 5.69 Å². The number of hydrogen-bond acceptors (Lipinski definition) is 4. The van der Waals surface area contributed by atoms with Gasteiger partial charge >= 0.3 is 0 Å². The number of carbonyl (C=O) groups is 1. The van der Waals surface area contributed by atoms with Crippen molar-refractivity contribution < 1.29 is 14.3 Å². The molecule has 0 saturated carbocycles. The summed E-state index contributed by atoms with van der Waals surface area (Å²) in [7, 11) is 0. The van der Waals surface area contributed by atoms with Gasteiger partial charge in [0.1, 0.15) is 0 Å². The molecule has 2 rings (SSSR count). The first kappa shape index (κ1) is 15.5. The lowest BCUT2D eigenvalue weighted by atomic mass is 10.3. The highest BCUT2D eigenvalue weighted by atomic mass is 35.5. The highest BCUT2D eigenvalue weighted by Gasteiger charge is 2.14. The van der Waals surface area contributed by atoms with Crippen LogP contribution >= 0.6 is 23.2 Å². The Labute approximate surface area is 127 Å².